The second-order valence-corrected chi connectivity index (χ2v) is 14.5. The molecule has 0 aromatic carbocycles. The van der Waals surface area contributed by atoms with Crippen molar-refractivity contribution in [2.45, 2.75) is 95.7 Å². The molecular weight excluding hydrogens is 550 g/mol. The number of thiophene rings is 1. The number of carbonyl (C=O) groups is 3. The summed E-state index contributed by atoms with van der Waals surface area (Å²) in [4.78, 5) is 47.7. The van der Waals surface area contributed by atoms with Gasteiger partial charge in [-0.3, -0.25) is 19.3 Å². The summed E-state index contributed by atoms with van der Waals surface area (Å²) in [6.07, 6.45) is 8.75. The molecule has 2 aromatic heterocycles. The Balaban J connectivity index is 0.00000171. The summed E-state index contributed by atoms with van der Waals surface area (Å²) in [7, 11) is 0. The number of amides is 3. The van der Waals surface area contributed by atoms with Crippen molar-refractivity contribution < 1.29 is 22.0 Å². The molecule has 2 unspecified atom stereocenters. The quantitative estimate of drug-likeness (QED) is 0.517. The van der Waals surface area contributed by atoms with Crippen molar-refractivity contribution in [3.05, 3.63) is 32.6 Å². The van der Waals surface area contributed by atoms with Crippen LogP contribution in [0, 0.1) is 17.8 Å². The van der Waals surface area contributed by atoms with Gasteiger partial charge in [0.15, 0.2) is 5.69 Å². The van der Waals surface area contributed by atoms with Crippen molar-refractivity contribution in [3.63, 3.8) is 0 Å². The first kappa shape index (κ1) is 26.9. The van der Waals surface area contributed by atoms with Crippen LogP contribution in [0.5, 0.6) is 0 Å². The van der Waals surface area contributed by atoms with Crippen molar-refractivity contribution in [1.29, 1.82) is 0 Å². The van der Waals surface area contributed by atoms with Crippen LogP contribution in [0.15, 0.2) is 5.38 Å². The minimum Gasteiger partial charge on any atom is -0.381 e. The van der Waals surface area contributed by atoms with E-state index in [0.29, 0.717) is 43.3 Å². The van der Waals surface area contributed by atoms with E-state index in [0.717, 1.165) is 86.8 Å². The summed E-state index contributed by atoms with van der Waals surface area (Å²) in [6.45, 7) is 6.77. The standard InChI is InChI=1S/C32H41N5O4S.2H2/c1-3-35-30-26(28(32(40)36-11-8-19-15-23(19)36)34-37(30)20-9-12-41-13-10-20)25(18-5-6-18)27(31(35)39)33-29(38)22-16-42-24-14-17(2)4-7-21(22)24;;/h16-20,23,25,27H,3-15H2,1-2H3,(H,33,38);2*1H/t17?,19?,23-,25+,27+;;/m1../s1. The third-order valence-corrected chi connectivity index (χ3v) is 11.9. The Morgan fingerprint density at radius 3 is 2.64 bits per heavy atom. The first-order valence-corrected chi connectivity index (χ1v) is 17.0. The minimum absolute atomic E-state index is 0. The number of fused-ring (bicyclic) bond motifs is 3. The number of likely N-dealkylation sites (tertiary alicyclic amines) is 1. The lowest BCUT2D eigenvalue weighted by Gasteiger charge is -2.39. The first-order valence-electron chi connectivity index (χ1n) is 16.2. The van der Waals surface area contributed by atoms with Gasteiger partial charge in [0.05, 0.1) is 11.6 Å². The Bertz CT molecular complexity index is 1450. The fourth-order valence-electron chi connectivity index (χ4n) is 8.24. The SMILES string of the molecule is CCN1C(=O)[C@@H](NC(=O)c2csc3c2CCC(C)C3)[C@@H](C2CC2)c2c(C(=O)N3CCC4C[C@H]43)nn(C3CCOCC3)c21.[HH].[HH]. The van der Waals surface area contributed by atoms with Gasteiger partial charge in [-0.05, 0) is 88.0 Å². The van der Waals surface area contributed by atoms with Gasteiger partial charge < -0.3 is 15.0 Å². The van der Waals surface area contributed by atoms with Gasteiger partial charge in [0.1, 0.15) is 11.9 Å². The minimum atomic E-state index is -0.707. The molecule has 0 bridgehead atoms. The molecule has 3 aliphatic carbocycles. The summed E-state index contributed by atoms with van der Waals surface area (Å²) in [5.41, 5.74) is 3.29. The monoisotopic (exact) mass is 595 g/mol. The number of rotatable bonds is 6. The summed E-state index contributed by atoms with van der Waals surface area (Å²) < 4.78 is 7.66. The second-order valence-electron chi connectivity index (χ2n) is 13.5. The maximum atomic E-state index is 14.4. The van der Waals surface area contributed by atoms with E-state index in [1.165, 1.54) is 4.88 Å². The number of hydrogen-bond acceptors (Lipinski definition) is 6. The molecule has 2 saturated carbocycles. The van der Waals surface area contributed by atoms with E-state index in [-0.39, 0.29) is 38.5 Å². The molecule has 228 valence electrons. The third-order valence-electron chi connectivity index (χ3n) is 10.8. The van der Waals surface area contributed by atoms with Crippen LogP contribution in [-0.2, 0) is 22.4 Å². The molecule has 3 aliphatic heterocycles. The van der Waals surface area contributed by atoms with E-state index in [2.05, 4.69) is 12.2 Å². The van der Waals surface area contributed by atoms with Crippen molar-refractivity contribution in [1.82, 2.24) is 20.0 Å². The lowest BCUT2D eigenvalue weighted by molar-refractivity contribution is -0.121. The van der Waals surface area contributed by atoms with Crippen LogP contribution < -0.4 is 10.2 Å². The number of hydrogen-bond donors (Lipinski definition) is 1. The first-order chi connectivity index (χ1) is 20.4. The van der Waals surface area contributed by atoms with Crippen LogP contribution >= 0.6 is 11.3 Å². The van der Waals surface area contributed by atoms with Crippen LogP contribution in [0.4, 0.5) is 5.82 Å². The van der Waals surface area contributed by atoms with E-state index in [1.54, 1.807) is 16.2 Å². The van der Waals surface area contributed by atoms with Crippen LogP contribution in [-0.4, -0.2) is 70.8 Å². The van der Waals surface area contributed by atoms with Gasteiger partial charge in [-0.2, -0.15) is 5.10 Å². The smallest absolute Gasteiger partial charge is 0.274 e. The maximum Gasteiger partial charge on any atom is 0.274 e. The van der Waals surface area contributed by atoms with Gasteiger partial charge in [-0.1, -0.05) is 6.92 Å². The van der Waals surface area contributed by atoms with Gasteiger partial charge in [0.25, 0.3) is 17.7 Å². The van der Waals surface area contributed by atoms with E-state index in [1.807, 2.05) is 21.9 Å². The van der Waals surface area contributed by atoms with E-state index in [9.17, 15) is 14.4 Å². The van der Waals surface area contributed by atoms with E-state index < -0.39 is 6.04 Å². The normalized spacial score (nSPS) is 30.6. The predicted molar refractivity (Wildman–Crippen MR) is 163 cm³/mol. The van der Waals surface area contributed by atoms with Gasteiger partial charge in [0, 0.05) is 56.9 Å². The summed E-state index contributed by atoms with van der Waals surface area (Å²) in [5.74, 6) is 1.81. The number of carbonyl (C=O) groups excluding carboxylic acids is 3. The number of nitrogens with zero attached hydrogens (tertiary/aromatic N) is 4. The Labute approximate surface area is 253 Å². The van der Waals surface area contributed by atoms with Crippen molar-refractivity contribution >= 4 is 34.9 Å². The van der Waals surface area contributed by atoms with E-state index in [4.69, 9.17) is 9.84 Å². The molecule has 3 amide bonds. The van der Waals surface area contributed by atoms with Crippen molar-refractivity contribution in [2.75, 3.05) is 31.2 Å². The second kappa shape index (κ2) is 10.2. The van der Waals surface area contributed by atoms with Crippen LogP contribution in [0.3, 0.4) is 0 Å². The third kappa shape index (κ3) is 4.26. The van der Waals surface area contributed by atoms with Crippen molar-refractivity contribution in [3.8, 4) is 0 Å². The Hall–Kier alpha value is -2.72. The molecule has 5 atom stereocenters. The zero-order valence-corrected chi connectivity index (χ0v) is 25.5. The molecule has 10 heteroatoms. The van der Waals surface area contributed by atoms with Crippen LogP contribution in [0.25, 0.3) is 0 Å². The number of ether oxygens (including phenoxy) is 1. The highest BCUT2D eigenvalue weighted by Crippen LogP contribution is 2.53. The average molecular weight is 596 g/mol. The zero-order chi connectivity index (χ0) is 28.7. The molecular formula is C32H45N5O4S. The molecule has 2 saturated heterocycles. The summed E-state index contributed by atoms with van der Waals surface area (Å²) in [6, 6.07) is -0.299. The van der Waals surface area contributed by atoms with Crippen LogP contribution in [0.2, 0.25) is 0 Å². The lowest BCUT2D eigenvalue weighted by Crippen LogP contribution is -2.56. The lowest BCUT2D eigenvalue weighted by atomic mass is 9.82. The largest absolute Gasteiger partial charge is 0.381 e. The fraction of sp³-hybridized carbons (Fsp3) is 0.688. The van der Waals surface area contributed by atoms with Gasteiger partial charge in [0.2, 0.25) is 0 Å². The topological polar surface area (TPSA) is 96.8 Å². The average Bonchev–Trinajstić information content (AvgIpc) is 3.86. The summed E-state index contributed by atoms with van der Waals surface area (Å²) in [5, 5.41) is 10.3. The Morgan fingerprint density at radius 1 is 1.14 bits per heavy atom. The number of anilines is 1. The predicted octanol–water partition coefficient (Wildman–Crippen LogP) is 4.81. The highest BCUT2D eigenvalue weighted by molar-refractivity contribution is 7.10. The van der Waals surface area contributed by atoms with Gasteiger partial charge in [-0.15, -0.1) is 11.3 Å². The Kier molecular flexibility index (Phi) is 6.52. The highest BCUT2D eigenvalue weighted by Gasteiger charge is 2.54. The van der Waals surface area contributed by atoms with Gasteiger partial charge in [-0.25, -0.2) is 4.68 Å². The molecule has 2 aromatic rings. The highest BCUT2D eigenvalue weighted by atomic mass is 32.1. The molecule has 9 nitrogen and oxygen atoms in total. The zero-order valence-electron chi connectivity index (χ0n) is 24.6. The van der Waals surface area contributed by atoms with Crippen LogP contribution in [0.1, 0.15) is 110 Å². The number of nitrogens with one attached hydrogen (secondary N) is 1. The molecule has 5 heterocycles. The number of likely N-dealkylation sites (N-methyl/N-ethyl adjacent to an activating group) is 1. The Morgan fingerprint density at radius 2 is 1.95 bits per heavy atom. The maximum absolute atomic E-state index is 14.4. The van der Waals surface area contributed by atoms with Gasteiger partial charge >= 0.3 is 0 Å². The summed E-state index contributed by atoms with van der Waals surface area (Å²) >= 11 is 1.67. The fourth-order valence-corrected chi connectivity index (χ4v) is 9.48. The molecule has 8 rings (SSSR count). The van der Waals surface area contributed by atoms with E-state index >= 15 is 0 Å². The molecule has 1 N–H and O–H groups in total. The molecule has 0 radical (unpaired) electrons. The molecule has 0 spiro atoms. The molecule has 4 fully saturated rings. The number of piperidine rings is 1. The number of aromatic nitrogens is 2. The van der Waals surface area contributed by atoms with Crippen molar-refractivity contribution in [2.24, 2.45) is 17.8 Å². The molecule has 42 heavy (non-hydrogen) atoms. The molecule has 6 aliphatic rings.